The molecular weight excluding hydrogens is 202 g/mol. The number of benzene rings is 1. The van der Waals surface area contributed by atoms with Gasteiger partial charge in [-0.2, -0.15) is 0 Å². The van der Waals surface area contributed by atoms with Gasteiger partial charge < -0.3 is 9.72 Å². The fourth-order valence-corrected chi connectivity index (χ4v) is 1.64. The number of hydrogen-bond acceptors (Lipinski definition) is 2. The molecule has 0 unspecified atom stereocenters. The van der Waals surface area contributed by atoms with Crippen LogP contribution in [0.15, 0.2) is 41.2 Å². The first-order chi connectivity index (χ1) is 7.70. The average molecular weight is 215 g/mol. The minimum Gasteiger partial charge on any atom is -0.496 e. The molecule has 0 atom stereocenters. The van der Waals surface area contributed by atoms with E-state index in [1.54, 1.807) is 13.2 Å². The van der Waals surface area contributed by atoms with Gasteiger partial charge in [0.25, 0.3) is 0 Å². The molecule has 0 spiro atoms. The Labute approximate surface area is 93.7 Å². The van der Waals surface area contributed by atoms with Crippen LogP contribution in [0.1, 0.15) is 5.56 Å². The van der Waals surface area contributed by atoms with Gasteiger partial charge in [-0.15, -0.1) is 0 Å². The summed E-state index contributed by atoms with van der Waals surface area (Å²) >= 11 is 0. The Morgan fingerprint density at radius 1 is 1.19 bits per heavy atom. The summed E-state index contributed by atoms with van der Waals surface area (Å²) < 4.78 is 5.27. The van der Waals surface area contributed by atoms with Crippen molar-refractivity contribution in [3.05, 3.63) is 52.3 Å². The highest BCUT2D eigenvalue weighted by atomic mass is 16.5. The molecule has 0 saturated heterocycles. The number of pyridine rings is 1. The predicted molar refractivity (Wildman–Crippen MR) is 63.8 cm³/mol. The minimum absolute atomic E-state index is 0.110. The third-order valence-corrected chi connectivity index (χ3v) is 2.41. The Hall–Kier alpha value is -2.03. The summed E-state index contributed by atoms with van der Waals surface area (Å²) in [6.07, 6.45) is 0. The molecule has 0 fully saturated rings. The first-order valence-corrected chi connectivity index (χ1v) is 5.05. The zero-order valence-electron chi connectivity index (χ0n) is 9.28. The maximum atomic E-state index is 11.3. The van der Waals surface area contributed by atoms with Gasteiger partial charge in [-0.25, -0.2) is 0 Å². The van der Waals surface area contributed by atoms with Crippen molar-refractivity contribution in [3.8, 4) is 17.0 Å². The van der Waals surface area contributed by atoms with E-state index >= 15 is 0 Å². The highest BCUT2D eigenvalue weighted by Crippen LogP contribution is 2.28. The average Bonchev–Trinajstić information content (AvgIpc) is 2.29. The Morgan fingerprint density at radius 2 is 2.00 bits per heavy atom. The number of aromatic amines is 1. The van der Waals surface area contributed by atoms with Crippen LogP contribution in [0.5, 0.6) is 5.75 Å². The number of methoxy groups -OCH3 is 1. The number of rotatable bonds is 2. The van der Waals surface area contributed by atoms with E-state index in [-0.39, 0.29) is 5.56 Å². The summed E-state index contributed by atoms with van der Waals surface area (Å²) in [4.78, 5) is 14.0. The number of hydrogen-bond donors (Lipinski definition) is 1. The highest BCUT2D eigenvalue weighted by Gasteiger charge is 2.06. The van der Waals surface area contributed by atoms with Crippen LogP contribution in [0.4, 0.5) is 0 Å². The number of ether oxygens (including phenoxy) is 1. The van der Waals surface area contributed by atoms with Crippen molar-refractivity contribution < 1.29 is 4.74 Å². The van der Waals surface area contributed by atoms with E-state index in [9.17, 15) is 4.79 Å². The smallest absolute Gasteiger partial charge is 0.248 e. The lowest BCUT2D eigenvalue weighted by Crippen LogP contribution is -2.04. The Morgan fingerprint density at radius 3 is 2.69 bits per heavy atom. The summed E-state index contributed by atoms with van der Waals surface area (Å²) in [5, 5.41) is 0. The predicted octanol–water partition coefficient (Wildman–Crippen LogP) is 2.36. The zero-order chi connectivity index (χ0) is 11.5. The van der Waals surface area contributed by atoms with E-state index in [0.29, 0.717) is 0 Å². The Balaban J connectivity index is 2.62. The molecule has 2 rings (SSSR count). The summed E-state index contributed by atoms with van der Waals surface area (Å²) in [6.45, 7) is 2.00. The molecule has 16 heavy (non-hydrogen) atoms. The molecule has 3 nitrogen and oxygen atoms in total. The molecule has 0 aliphatic carbocycles. The number of H-pyrrole nitrogens is 1. The summed E-state index contributed by atoms with van der Waals surface area (Å²) in [7, 11) is 1.62. The lowest BCUT2D eigenvalue weighted by molar-refractivity contribution is 0.416. The van der Waals surface area contributed by atoms with E-state index in [1.165, 1.54) is 6.07 Å². The molecule has 0 radical (unpaired) electrons. The van der Waals surface area contributed by atoms with E-state index < -0.39 is 0 Å². The van der Waals surface area contributed by atoms with Crippen molar-refractivity contribution >= 4 is 0 Å². The van der Waals surface area contributed by atoms with Gasteiger partial charge in [0.05, 0.1) is 12.8 Å². The van der Waals surface area contributed by atoms with Crippen molar-refractivity contribution in [3.63, 3.8) is 0 Å². The fraction of sp³-hybridized carbons (Fsp3) is 0.154. The van der Waals surface area contributed by atoms with Crippen LogP contribution in [0.25, 0.3) is 11.3 Å². The third kappa shape index (κ3) is 1.98. The van der Waals surface area contributed by atoms with Crippen molar-refractivity contribution in [1.82, 2.24) is 4.98 Å². The van der Waals surface area contributed by atoms with Gasteiger partial charge in [0.1, 0.15) is 5.75 Å². The van der Waals surface area contributed by atoms with E-state index in [0.717, 1.165) is 22.6 Å². The van der Waals surface area contributed by atoms with Gasteiger partial charge in [0.15, 0.2) is 0 Å². The van der Waals surface area contributed by atoms with Crippen LogP contribution >= 0.6 is 0 Å². The summed E-state index contributed by atoms with van der Waals surface area (Å²) in [5.41, 5.74) is 2.69. The van der Waals surface area contributed by atoms with Crippen LogP contribution in [0.3, 0.4) is 0 Å². The monoisotopic (exact) mass is 215 g/mol. The van der Waals surface area contributed by atoms with Crippen LogP contribution in [0.2, 0.25) is 0 Å². The molecular formula is C13H13NO2. The second-order valence-electron chi connectivity index (χ2n) is 3.63. The van der Waals surface area contributed by atoms with Crippen molar-refractivity contribution in [1.29, 1.82) is 0 Å². The number of nitrogens with one attached hydrogen (secondary N) is 1. The van der Waals surface area contributed by atoms with Gasteiger partial charge in [0.2, 0.25) is 5.56 Å². The van der Waals surface area contributed by atoms with E-state index in [2.05, 4.69) is 4.98 Å². The molecule has 0 amide bonds. The SMILES string of the molecule is COc1ccc(C)cc1-c1cccc(=O)[nH]1. The molecule has 0 aliphatic heterocycles. The maximum absolute atomic E-state index is 11.3. The summed E-state index contributed by atoms with van der Waals surface area (Å²) in [5.74, 6) is 0.757. The van der Waals surface area contributed by atoms with E-state index in [1.807, 2.05) is 31.2 Å². The molecule has 0 aliphatic rings. The third-order valence-electron chi connectivity index (χ3n) is 2.41. The lowest BCUT2D eigenvalue weighted by Gasteiger charge is -2.09. The molecule has 0 bridgehead atoms. The highest BCUT2D eigenvalue weighted by molar-refractivity contribution is 5.67. The number of aromatic nitrogens is 1. The molecule has 3 heteroatoms. The standard InChI is InChI=1S/C13H13NO2/c1-9-6-7-12(16-2)10(8-9)11-4-3-5-13(15)14-11/h3-8H,1-2H3,(H,14,15). The Bertz CT molecular complexity index is 558. The van der Waals surface area contributed by atoms with Crippen molar-refractivity contribution in [2.75, 3.05) is 7.11 Å². The van der Waals surface area contributed by atoms with Gasteiger partial charge in [-0.05, 0) is 25.1 Å². The molecule has 1 N–H and O–H groups in total. The van der Waals surface area contributed by atoms with Gasteiger partial charge >= 0.3 is 0 Å². The fourth-order valence-electron chi connectivity index (χ4n) is 1.64. The zero-order valence-corrected chi connectivity index (χ0v) is 9.28. The Kier molecular flexibility index (Phi) is 2.77. The largest absolute Gasteiger partial charge is 0.496 e. The molecule has 1 heterocycles. The normalized spacial score (nSPS) is 10.1. The molecule has 2 aromatic rings. The molecule has 0 saturated carbocycles. The van der Waals surface area contributed by atoms with Crippen LogP contribution in [-0.2, 0) is 0 Å². The van der Waals surface area contributed by atoms with Crippen LogP contribution in [-0.4, -0.2) is 12.1 Å². The quantitative estimate of drug-likeness (QED) is 0.835. The summed E-state index contributed by atoms with van der Waals surface area (Å²) in [6, 6.07) is 10.9. The topological polar surface area (TPSA) is 42.1 Å². The van der Waals surface area contributed by atoms with Crippen LogP contribution < -0.4 is 10.3 Å². The molecule has 82 valence electrons. The van der Waals surface area contributed by atoms with E-state index in [4.69, 9.17) is 4.74 Å². The van der Waals surface area contributed by atoms with Crippen molar-refractivity contribution in [2.24, 2.45) is 0 Å². The van der Waals surface area contributed by atoms with Gasteiger partial charge in [-0.1, -0.05) is 17.7 Å². The lowest BCUT2D eigenvalue weighted by atomic mass is 10.1. The van der Waals surface area contributed by atoms with Crippen molar-refractivity contribution in [2.45, 2.75) is 6.92 Å². The van der Waals surface area contributed by atoms with Gasteiger partial charge in [-0.3, -0.25) is 4.79 Å². The first kappa shape index (κ1) is 10.5. The second kappa shape index (κ2) is 4.23. The number of aryl methyl sites for hydroxylation is 1. The minimum atomic E-state index is -0.110. The first-order valence-electron chi connectivity index (χ1n) is 5.05. The second-order valence-corrected chi connectivity index (χ2v) is 3.63. The van der Waals surface area contributed by atoms with Crippen LogP contribution in [0, 0.1) is 6.92 Å². The molecule has 1 aromatic carbocycles. The molecule has 1 aromatic heterocycles. The maximum Gasteiger partial charge on any atom is 0.248 e. The van der Waals surface area contributed by atoms with Gasteiger partial charge in [0, 0.05) is 11.6 Å².